The van der Waals surface area contributed by atoms with Crippen LogP contribution in [0, 0.1) is 13.8 Å². The number of rotatable bonds is 16. The standard InChI is InChI=1S/C40H46N6O5S/c1-27(42-26-37(47)35-17-18-38(43-25-35)46-28(2)11-12-29(46)3)19-31-7-5-8-32(20-31)22-39(48)44-23-30-13-15-34(16-14-30)40(49)45-24-33-9-6-10-36(21-33)52(50,51)41-4/h5-18,20-21,25,27,37,41-42,47H,19,22-24,26H2,1-4H3,(H,44,48)(H,45,49). The lowest BCUT2D eigenvalue weighted by atomic mass is 10.0. The molecule has 11 nitrogen and oxygen atoms in total. The molecule has 0 aliphatic rings. The molecule has 0 spiro atoms. The van der Waals surface area contributed by atoms with Gasteiger partial charge in [-0.15, -0.1) is 0 Å². The molecule has 272 valence electrons. The molecule has 5 N–H and O–H groups in total. The normalized spacial score (nSPS) is 12.6. The second-order valence-electron chi connectivity index (χ2n) is 12.9. The third kappa shape index (κ3) is 10.2. The summed E-state index contributed by atoms with van der Waals surface area (Å²) < 4.78 is 28.5. The molecule has 3 aromatic carbocycles. The molecule has 0 saturated carbocycles. The number of hydrogen-bond acceptors (Lipinski definition) is 7. The molecule has 0 radical (unpaired) electrons. The van der Waals surface area contributed by atoms with Crippen LogP contribution in [0.15, 0.2) is 108 Å². The monoisotopic (exact) mass is 722 g/mol. The average molecular weight is 723 g/mol. The van der Waals surface area contributed by atoms with Gasteiger partial charge in [0, 0.05) is 54.4 Å². The molecule has 0 aliphatic carbocycles. The van der Waals surface area contributed by atoms with Crippen LogP contribution in [0.2, 0.25) is 0 Å². The Hall–Kier alpha value is -5.14. The number of hydrogen-bond donors (Lipinski definition) is 5. The van der Waals surface area contributed by atoms with E-state index in [1.54, 1.807) is 42.6 Å². The van der Waals surface area contributed by atoms with Gasteiger partial charge in [-0.25, -0.2) is 18.1 Å². The van der Waals surface area contributed by atoms with E-state index in [0.717, 1.165) is 45.9 Å². The van der Waals surface area contributed by atoms with Gasteiger partial charge in [0.2, 0.25) is 15.9 Å². The van der Waals surface area contributed by atoms with Crippen LogP contribution >= 0.6 is 0 Å². The lowest BCUT2D eigenvalue weighted by Crippen LogP contribution is -2.32. The largest absolute Gasteiger partial charge is 0.387 e. The van der Waals surface area contributed by atoms with Crippen molar-refractivity contribution < 1.29 is 23.1 Å². The number of nitrogens with zero attached hydrogens (tertiary/aromatic N) is 2. The first-order valence-corrected chi connectivity index (χ1v) is 18.7. The summed E-state index contributed by atoms with van der Waals surface area (Å²) >= 11 is 0. The van der Waals surface area contributed by atoms with Gasteiger partial charge in [0.1, 0.15) is 5.82 Å². The van der Waals surface area contributed by atoms with Crippen LogP contribution in [0.4, 0.5) is 0 Å². The molecule has 5 aromatic rings. The number of aryl methyl sites for hydroxylation is 2. The molecule has 2 atom stereocenters. The number of benzene rings is 3. The summed E-state index contributed by atoms with van der Waals surface area (Å²) in [5, 5.41) is 20.0. The Kier molecular flexibility index (Phi) is 12.7. The highest BCUT2D eigenvalue weighted by atomic mass is 32.2. The fourth-order valence-corrected chi connectivity index (χ4v) is 6.73. The summed E-state index contributed by atoms with van der Waals surface area (Å²) in [4.78, 5) is 30.2. The first-order chi connectivity index (χ1) is 24.9. The second-order valence-corrected chi connectivity index (χ2v) is 14.8. The van der Waals surface area contributed by atoms with Crippen molar-refractivity contribution >= 4 is 21.8 Å². The maximum Gasteiger partial charge on any atom is 0.251 e. The first kappa shape index (κ1) is 38.1. The number of carbonyl (C=O) groups is 2. The van der Waals surface area contributed by atoms with Gasteiger partial charge in [-0.3, -0.25) is 9.59 Å². The number of aliphatic hydroxyl groups is 1. The zero-order chi connectivity index (χ0) is 37.3. The first-order valence-electron chi connectivity index (χ1n) is 17.2. The maximum absolute atomic E-state index is 12.8. The number of sulfonamides is 1. The van der Waals surface area contributed by atoms with Gasteiger partial charge in [-0.05, 0) is 99.0 Å². The van der Waals surface area contributed by atoms with Crippen molar-refractivity contribution in [2.75, 3.05) is 13.6 Å². The minimum absolute atomic E-state index is 0.0922. The highest BCUT2D eigenvalue weighted by molar-refractivity contribution is 7.89. The molecule has 5 rings (SSSR count). The summed E-state index contributed by atoms with van der Waals surface area (Å²) in [5.74, 6) is 0.419. The van der Waals surface area contributed by atoms with Gasteiger partial charge in [0.15, 0.2) is 0 Å². The van der Waals surface area contributed by atoms with E-state index in [4.69, 9.17) is 0 Å². The summed E-state index contributed by atoms with van der Waals surface area (Å²) in [6.07, 6.45) is 2.00. The highest BCUT2D eigenvalue weighted by Crippen LogP contribution is 2.18. The van der Waals surface area contributed by atoms with E-state index in [-0.39, 0.29) is 35.7 Å². The predicted molar refractivity (Wildman–Crippen MR) is 201 cm³/mol. The predicted octanol–water partition coefficient (Wildman–Crippen LogP) is 4.44. The fourth-order valence-electron chi connectivity index (χ4n) is 5.93. The lowest BCUT2D eigenvalue weighted by molar-refractivity contribution is -0.120. The van der Waals surface area contributed by atoms with Gasteiger partial charge in [-0.2, -0.15) is 0 Å². The van der Waals surface area contributed by atoms with Gasteiger partial charge in [0.25, 0.3) is 5.91 Å². The van der Waals surface area contributed by atoms with E-state index in [2.05, 4.69) is 49.3 Å². The summed E-state index contributed by atoms with van der Waals surface area (Å²) in [6, 6.07) is 29.3. The van der Waals surface area contributed by atoms with Crippen molar-refractivity contribution in [2.24, 2.45) is 0 Å². The van der Waals surface area contributed by atoms with Crippen molar-refractivity contribution in [3.8, 4) is 5.82 Å². The quantitative estimate of drug-likeness (QED) is 0.101. The third-order valence-electron chi connectivity index (χ3n) is 8.85. The Bertz CT molecular complexity index is 2080. The highest BCUT2D eigenvalue weighted by Gasteiger charge is 2.14. The molecule has 0 bridgehead atoms. The number of amides is 2. The molecule has 2 heterocycles. The molecule has 52 heavy (non-hydrogen) atoms. The molecule has 2 unspecified atom stereocenters. The van der Waals surface area contributed by atoms with Crippen LogP contribution in [0.25, 0.3) is 5.82 Å². The molecule has 2 aromatic heterocycles. The van der Waals surface area contributed by atoms with Crippen molar-refractivity contribution in [2.45, 2.75) is 63.7 Å². The minimum Gasteiger partial charge on any atom is -0.387 e. The van der Waals surface area contributed by atoms with Crippen LogP contribution in [-0.4, -0.2) is 54.5 Å². The molecule has 2 amide bonds. The molecule has 0 aliphatic heterocycles. The summed E-state index contributed by atoms with van der Waals surface area (Å²) in [6.45, 7) is 7.02. The van der Waals surface area contributed by atoms with E-state index < -0.39 is 16.1 Å². The smallest absolute Gasteiger partial charge is 0.251 e. The van der Waals surface area contributed by atoms with E-state index in [0.29, 0.717) is 24.2 Å². The van der Waals surface area contributed by atoms with Crippen molar-refractivity contribution in [3.63, 3.8) is 0 Å². The van der Waals surface area contributed by atoms with Crippen LogP contribution in [0.3, 0.4) is 0 Å². The van der Waals surface area contributed by atoms with Gasteiger partial charge in [-0.1, -0.05) is 54.6 Å². The Balaban J connectivity index is 1.04. The van der Waals surface area contributed by atoms with E-state index in [1.807, 2.05) is 50.2 Å². The van der Waals surface area contributed by atoms with Crippen LogP contribution in [0.1, 0.15) is 62.6 Å². The zero-order valence-corrected chi connectivity index (χ0v) is 30.7. The number of nitrogens with one attached hydrogen (secondary N) is 4. The summed E-state index contributed by atoms with van der Waals surface area (Å²) in [5.41, 5.74) is 6.92. The van der Waals surface area contributed by atoms with Crippen molar-refractivity contribution in [1.82, 2.24) is 30.2 Å². The van der Waals surface area contributed by atoms with Crippen LogP contribution in [0.5, 0.6) is 0 Å². The minimum atomic E-state index is -3.58. The van der Waals surface area contributed by atoms with E-state index in [9.17, 15) is 23.1 Å². The van der Waals surface area contributed by atoms with E-state index >= 15 is 0 Å². The maximum atomic E-state index is 12.8. The number of carbonyl (C=O) groups excluding carboxylic acids is 2. The van der Waals surface area contributed by atoms with Gasteiger partial charge in [0.05, 0.1) is 17.4 Å². The zero-order valence-electron chi connectivity index (χ0n) is 29.9. The molecule has 0 saturated heterocycles. The van der Waals surface area contributed by atoms with Crippen LogP contribution in [-0.2, 0) is 40.7 Å². The number of aliphatic hydroxyl groups excluding tert-OH is 1. The van der Waals surface area contributed by atoms with Crippen molar-refractivity contribution in [3.05, 3.63) is 148 Å². The van der Waals surface area contributed by atoms with Crippen molar-refractivity contribution in [1.29, 1.82) is 0 Å². The third-order valence-corrected chi connectivity index (χ3v) is 10.3. The Morgan fingerprint density at radius 1 is 0.808 bits per heavy atom. The van der Waals surface area contributed by atoms with Crippen LogP contribution < -0.4 is 20.7 Å². The van der Waals surface area contributed by atoms with E-state index in [1.165, 1.54) is 19.2 Å². The number of aromatic nitrogens is 2. The molecule has 0 fully saturated rings. The topological polar surface area (TPSA) is 154 Å². The molecule has 12 heteroatoms. The van der Waals surface area contributed by atoms with Gasteiger partial charge >= 0.3 is 0 Å². The average Bonchev–Trinajstić information content (AvgIpc) is 3.49. The summed E-state index contributed by atoms with van der Waals surface area (Å²) in [7, 11) is -2.23. The molecular weight excluding hydrogens is 677 g/mol. The Morgan fingerprint density at radius 2 is 1.48 bits per heavy atom. The Labute approximate surface area is 305 Å². The fraction of sp³-hybridized carbons (Fsp3) is 0.275. The molecular formula is C40H46N6O5S. The lowest BCUT2D eigenvalue weighted by Gasteiger charge is -2.18. The van der Waals surface area contributed by atoms with Gasteiger partial charge < -0.3 is 25.6 Å². The second kappa shape index (κ2) is 17.4. The SMILES string of the molecule is CNS(=O)(=O)c1cccc(CNC(=O)c2ccc(CNC(=O)Cc3cccc(CC(C)NCC(O)c4ccc(-n5c(C)ccc5C)nc4)c3)cc2)c1. The number of pyridine rings is 1. The Morgan fingerprint density at radius 3 is 2.17 bits per heavy atom.